The molecule has 1 aromatic carbocycles. The van der Waals surface area contributed by atoms with Gasteiger partial charge in [-0.3, -0.25) is 4.99 Å². The fraction of sp³-hybridized carbons (Fsp3) is 0.435. The highest BCUT2D eigenvalue weighted by molar-refractivity contribution is 5.97. The van der Waals surface area contributed by atoms with Crippen molar-refractivity contribution >= 4 is 17.0 Å². The van der Waals surface area contributed by atoms with E-state index in [2.05, 4.69) is 77.2 Å². The summed E-state index contributed by atoms with van der Waals surface area (Å²) < 4.78 is 0. The molecule has 2 nitrogen and oxygen atoms in total. The van der Waals surface area contributed by atoms with Gasteiger partial charge in [-0.25, -0.2) is 0 Å². The number of allylic oxidation sites excluding steroid dienone is 4. The molecule has 0 saturated heterocycles. The summed E-state index contributed by atoms with van der Waals surface area (Å²) in [6.07, 6.45) is 9.66. The van der Waals surface area contributed by atoms with E-state index >= 15 is 0 Å². The highest BCUT2D eigenvalue weighted by Crippen LogP contribution is 2.29. The van der Waals surface area contributed by atoms with Gasteiger partial charge in [-0.2, -0.15) is 0 Å². The van der Waals surface area contributed by atoms with Crippen molar-refractivity contribution in [3.05, 3.63) is 59.3 Å². The van der Waals surface area contributed by atoms with Crippen molar-refractivity contribution in [2.24, 2.45) is 22.6 Å². The zero-order valence-electron chi connectivity index (χ0n) is 16.3. The summed E-state index contributed by atoms with van der Waals surface area (Å²) in [5, 5.41) is 0. The molecule has 2 heteroatoms. The molecule has 1 aliphatic rings. The topological polar surface area (TPSA) is 38.4 Å². The summed E-state index contributed by atoms with van der Waals surface area (Å²) in [5.74, 6) is 0.945. The lowest BCUT2D eigenvalue weighted by Gasteiger charge is -2.18. The van der Waals surface area contributed by atoms with Gasteiger partial charge >= 0.3 is 0 Å². The minimum atomic E-state index is 0.453. The standard InChI is InChI=1S/C23H32N2/c1-6-16(3)22-10-8-9-18(5)21(15-25-22)19-11-13-20(14-12-19)23(24)17(4)7-2/h8,10-16,18H,6-7,9,24H2,1-5H3/b10-8+,21-15+,23-17+,25-22+. The van der Waals surface area contributed by atoms with Crippen LogP contribution >= 0.6 is 0 Å². The molecule has 2 rings (SSSR count). The molecule has 0 aliphatic carbocycles. The highest BCUT2D eigenvalue weighted by Gasteiger charge is 2.14. The third-order valence-electron chi connectivity index (χ3n) is 5.30. The van der Waals surface area contributed by atoms with Gasteiger partial charge in [-0.1, -0.05) is 63.6 Å². The van der Waals surface area contributed by atoms with Crippen molar-refractivity contribution in [1.82, 2.24) is 0 Å². The second-order valence-electron chi connectivity index (χ2n) is 7.11. The molecule has 1 heterocycles. The van der Waals surface area contributed by atoms with E-state index in [1.165, 1.54) is 22.4 Å². The molecule has 1 aliphatic heterocycles. The number of benzene rings is 1. The fourth-order valence-corrected chi connectivity index (χ4v) is 2.97. The van der Waals surface area contributed by atoms with Crippen LogP contribution < -0.4 is 5.73 Å². The second kappa shape index (κ2) is 8.84. The Hall–Kier alpha value is -2.09. The quantitative estimate of drug-likeness (QED) is 0.682. The molecule has 0 spiro atoms. The molecule has 2 N–H and O–H groups in total. The molecule has 1 aromatic rings. The Labute approximate surface area is 153 Å². The molecule has 2 unspecified atom stereocenters. The molecule has 0 bridgehead atoms. The van der Waals surface area contributed by atoms with Crippen molar-refractivity contribution in [2.45, 2.75) is 53.9 Å². The van der Waals surface area contributed by atoms with E-state index in [4.69, 9.17) is 10.7 Å². The van der Waals surface area contributed by atoms with E-state index in [0.29, 0.717) is 11.8 Å². The first kappa shape index (κ1) is 19.2. The van der Waals surface area contributed by atoms with E-state index < -0.39 is 0 Å². The van der Waals surface area contributed by atoms with Gasteiger partial charge in [0.25, 0.3) is 0 Å². The summed E-state index contributed by atoms with van der Waals surface area (Å²) in [5.41, 5.74) is 13.2. The first-order valence-corrected chi connectivity index (χ1v) is 9.48. The van der Waals surface area contributed by atoms with E-state index in [1.54, 1.807) is 0 Å². The lowest BCUT2D eigenvalue weighted by atomic mass is 9.89. The van der Waals surface area contributed by atoms with Crippen molar-refractivity contribution in [1.29, 1.82) is 0 Å². The van der Waals surface area contributed by atoms with E-state index in [9.17, 15) is 0 Å². The molecule has 0 saturated carbocycles. The largest absolute Gasteiger partial charge is 0.398 e. The smallest absolute Gasteiger partial charge is 0.0428 e. The minimum Gasteiger partial charge on any atom is -0.398 e. The Morgan fingerprint density at radius 2 is 1.92 bits per heavy atom. The van der Waals surface area contributed by atoms with Crippen LogP contribution in [0, 0.1) is 11.8 Å². The van der Waals surface area contributed by atoms with Crippen molar-refractivity contribution in [2.75, 3.05) is 0 Å². The molecule has 2 atom stereocenters. The van der Waals surface area contributed by atoms with E-state index in [-0.39, 0.29) is 0 Å². The zero-order chi connectivity index (χ0) is 18.4. The van der Waals surface area contributed by atoms with Gasteiger partial charge in [0.1, 0.15) is 0 Å². The van der Waals surface area contributed by atoms with Gasteiger partial charge in [-0.05, 0) is 60.8 Å². The van der Waals surface area contributed by atoms with Gasteiger partial charge in [0, 0.05) is 17.6 Å². The normalized spacial score (nSPS) is 25.6. The number of nitrogens with two attached hydrogens (primary N) is 1. The fourth-order valence-electron chi connectivity index (χ4n) is 2.97. The molecule has 0 amide bonds. The summed E-state index contributed by atoms with van der Waals surface area (Å²) >= 11 is 0. The van der Waals surface area contributed by atoms with Gasteiger partial charge in [-0.15, -0.1) is 0 Å². The van der Waals surface area contributed by atoms with Crippen molar-refractivity contribution < 1.29 is 0 Å². The Morgan fingerprint density at radius 1 is 1.24 bits per heavy atom. The summed E-state index contributed by atoms with van der Waals surface area (Å²) in [6.45, 7) is 10.9. The summed E-state index contributed by atoms with van der Waals surface area (Å²) in [7, 11) is 0. The maximum Gasteiger partial charge on any atom is 0.0428 e. The molecular weight excluding hydrogens is 304 g/mol. The van der Waals surface area contributed by atoms with Crippen LogP contribution in [-0.2, 0) is 0 Å². The Kier molecular flexibility index (Phi) is 6.81. The Balaban J connectivity index is 2.35. The summed E-state index contributed by atoms with van der Waals surface area (Å²) in [4.78, 5) is 4.80. The minimum absolute atomic E-state index is 0.453. The molecule has 0 radical (unpaired) electrons. The van der Waals surface area contributed by atoms with Gasteiger partial charge in [0.05, 0.1) is 0 Å². The van der Waals surface area contributed by atoms with Gasteiger partial charge in [0.2, 0.25) is 0 Å². The molecule has 0 fully saturated rings. The van der Waals surface area contributed by atoms with Crippen LogP contribution in [-0.4, -0.2) is 5.71 Å². The van der Waals surface area contributed by atoms with Crippen LogP contribution in [0.15, 0.2) is 53.2 Å². The number of rotatable bonds is 5. The lowest BCUT2D eigenvalue weighted by molar-refractivity contribution is 0.734. The third-order valence-corrected chi connectivity index (χ3v) is 5.30. The number of hydrogen-bond acceptors (Lipinski definition) is 2. The molecule has 134 valence electrons. The molecular formula is C23H32N2. The van der Waals surface area contributed by atoms with Crippen molar-refractivity contribution in [3.8, 4) is 0 Å². The van der Waals surface area contributed by atoms with Crippen LogP contribution in [0.25, 0.3) is 11.3 Å². The van der Waals surface area contributed by atoms with Gasteiger partial charge in [0.15, 0.2) is 0 Å². The Bertz CT molecular complexity index is 702. The maximum atomic E-state index is 6.25. The number of aliphatic imine (C=N–C) groups is 1. The van der Waals surface area contributed by atoms with Crippen LogP contribution in [0.1, 0.15) is 65.0 Å². The zero-order valence-corrected chi connectivity index (χ0v) is 16.3. The molecule has 0 aromatic heterocycles. The first-order chi connectivity index (χ1) is 12.0. The average molecular weight is 337 g/mol. The van der Waals surface area contributed by atoms with E-state index in [1.807, 2.05) is 0 Å². The predicted molar refractivity (Wildman–Crippen MR) is 111 cm³/mol. The first-order valence-electron chi connectivity index (χ1n) is 9.48. The highest BCUT2D eigenvalue weighted by atomic mass is 14.7. The maximum absolute atomic E-state index is 6.25. The van der Waals surface area contributed by atoms with Crippen LogP contribution in [0.2, 0.25) is 0 Å². The van der Waals surface area contributed by atoms with Crippen LogP contribution in [0.3, 0.4) is 0 Å². The van der Waals surface area contributed by atoms with Crippen LogP contribution in [0.4, 0.5) is 0 Å². The predicted octanol–water partition coefficient (Wildman–Crippen LogP) is 6.21. The summed E-state index contributed by atoms with van der Waals surface area (Å²) in [6, 6.07) is 8.62. The Morgan fingerprint density at radius 3 is 2.52 bits per heavy atom. The van der Waals surface area contributed by atoms with E-state index in [0.717, 1.165) is 30.5 Å². The van der Waals surface area contributed by atoms with Crippen molar-refractivity contribution in [3.63, 3.8) is 0 Å². The average Bonchev–Trinajstić information content (AvgIpc) is 2.63. The van der Waals surface area contributed by atoms with Gasteiger partial charge < -0.3 is 5.73 Å². The third kappa shape index (κ3) is 4.72. The number of nitrogens with zero attached hydrogens (tertiary/aromatic N) is 1. The second-order valence-corrected chi connectivity index (χ2v) is 7.11. The van der Waals surface area contributed by atoms with Crippen LogP contribution in [0.5, 0.6) is 0 Å². The molecule has 25 heavy (non-hydrogen) atoms. The lowest BCUT2D eigenvalue weighted by Crippen LogP contribution is -2.09. The number of hydrogen-bond donors (Lipinski definition) is 1. The SMILES string of the molecule is CC/C(C)=C(/N)c1ccc(/C2=C/N=C(C(C)CC)\C=C\CC2C)cc1. The monoisotopic (exact) mass is 336 g/mol.